The first kappa shape index (κ1) is 19.8. The number of hydrogen-bond donors (Lipinski definition) is 0. The second kappa shape index (κ2) is 10.5. The van der Waals surface area contributed by atoms with Gasteiger partial charge in [0.2, 0.25) is 0 Å². The Kier molecular flexibility index (Phi) is 7.96. The van der Waals surface area contributed by atoms with Crippen molar-refractivity contribution in [3.63, 3.8) is 0 Å². The normalized spacial score (nSPS) is 12.0. The van der Waals surface area contributed by atoms with E-state index < -0.39 is 0 Å². The molecule has 138 valence electrons. The molecule has 2 aromatic carbocycles. The molecule has 0 spiro atoms. The molecule has 5 nitrogen and oxygen atoms in total. The van der Waals surface area contributed by atoms with E-state index in [4.69, 9.17) is 26.0 Å². The fraction of sp³-hybridized carbons (Fsp3) is 0.300. The third-order valence-corrected chi connectivity index (χ3v) is 3.55. The molecule has 0 aromatic heterocycles. The zero-order valence-electron chi connectivity index (χ0n) is 15.2. The fourth-order valence-corrected chi connectivity index (χ4v) is 2.18. The molecule has 0 saturated carbocycles. The smallest absolute Gasteiger partial charge is 0.134 e. The average molecular weight is 375 g/mol. The van der Waals surface area contributed by atoms with Gasteiger partial charge in [-0.25, -0.2) is 0 Å². The van der Waals surface area contributed by atoms with Crippen molar-refractivity contribution in [1.82, 2.24) is 0 Å². The molecule has 0 heterocycles. The largest absolute Gasteiger partial charge is 0.457 e. The van der Waals surface area contributed by atoms with Crippen molar-refractivity contribution in [2.75, 3.05) is 13.2 Å². The van der Waals surface area contributed by atoms with Gasteiger partial charge < -0.3 is 14.4 Å². The molecule has 0 unspecified atom stereocenters. The Labute approximate surface area is 159 Å². The van der Waals surface area contributed by atoms with Crippen molar-refractivity contribution in [3.8, 4) is 11.5 Å². The number of ether oxygens (including phenoxy) is 1. The minimum Gasteiger partial charge on any atom is -0.457 e. The zero-order valence-corrected chi connectivity index (χ0v) is 16.0. The van der Waals surface area contributed by atoms with E-state index in [9.17, 15) is 0 Å². The van der Waals surface area contributed by atoms with Crippen LogP contribution in [0.5, 0.6) is 11.5 Å². The lowest BCUT2D eigenvalue weighted by molar-refractivity contribution is 0.144. The van der Waals surface area contributed by atoms with Gasteiger partial charge in [0, 0.05) is 10.6 Å². The topological polar surface area (TPSA) is 52.4 Å². The number of rotatable bonds is 9. The van der Waals surface area contributed by atoms with Gasteiger partial charge in [0.15, 0.2) is 0 Å². The maximum atomic E-state index is 5.88. The maximum absolute atomic E-state index is 5.88. The van der Waals surface area contributed by atoms with E-state index in [0.717, 1.165) is 17.7 Å². The van der Waals surface area contributed by atoms with Crippen molar-refractivity contribution < 1.29 is 14.4 Å². The van der Waals surface area contributed by atoms with Crippen molar-refractivity contribution in [3.05, 3.63) is 59.1 Å². The van der Waals surface area contributed by atoms with Crippen molar-refractivity contribution >= 4 is 23.0 Å². The van der Waals surface area contributed by atoms with Crippen LogP contribution in [-0.2, 0) is 9.68 Å². The number of oxime groups is 2. The van der Waals surface area contributed by atoms with Crippen molar-refractivity contribution in [2.45, 2.75) is 27.2 Å². The number of halogens is 1. The van der Waals surface area contributed by atoms with Crippen LogP contribution in [0.4, 0.5) is 0 Å². The lowest BCUT2D eigenvalue weighted by atomic mass is 10.1. The zero-order chi connectivity index (χ0) is 18.8. The molecule has 0 amide bonds. The summed E-state index contributed by atoms with van der Waals surface area (Å²) in [7, 11) is 0. The van der Waals surface area contributed by atoms with Crippen molar-refractivity contribution in [2.24, 2.45) is 10.3 Å². The summed E-state index contributed by atoms with van der Waals surface area (Å²) >= 11 is 5.88. The predicted molar refractivity (Wildman–Crippen MR) is 105 cm³/mol. The summed E-state index contributed by atoms with van der Waals surface area (Å²) in [6.45, 7) is 6.78. The molecule has 0 aliphatic rings. The fourth-order valence-electron chi connectivity index (χ4n) is 2.05. The van der Waals surface area contributed by atoms with E-state index in [0.29, 0.717) is 35.4 Å². The average Bonchev–Trinajstić information content (AvgIpc) is 2.65. The summed E-state index contributed by atoms with van der Waals surface area (Å²) in [5, 5.41) is 8.94. The monoisotopic (exact) mass is 374 g/mol. The van der Waals surface area contributed by atoms with Crippen molar-refractivity contribution in [1.29, 1.82) is 0 Å². The van der Waals surface area contributed by atoms with E-state index >= 15 is 0 Å². The quantitative estimate of drug-likeness (QED) is 0.322. The van der Waals surface area contributed by atoms with Gasteiger partial charge in [-0.3, -0.25) is 0 Å². The van der Waals surface area contributed by atoms with Gasteiger partial charge in [-0.05, 0) is 68.8 Å². The number of nitrogens with zero attached hydrogens (tertiary/aromatic N) is 2. The van der Waals surface area contributed by atoms with E-state index in [2.05, 4.69) is 10.3 Å². The van der Waals surface area contributed by atoms with Crippen LogP contribution in [0.2, 0.25) is 5.02 Å². The molecular formula is C20H23ClN2O3. The van der Waals surface area contributed by atoms with Gasteiger partial charge in [-0.1, -0.05) is 28.8 Å². The molecule has 0 aliphatic heterocycles. The third kappa shape index (κ3) is 6.08. The Hall–Kier alpha value is -2.53. The van der Waals surface area contributed by atoms with Gasteiger partial charge in [0.25, 0.3) is 0 Å². The molecule has 0 N–H and O–H groups in total. The Morgan fingerprint density at radius 2 is 1.50 bits per heavy atom. The van der Waals surface area contributed by atoms with Crippen LogP contribution in [0.1, 0.15) is 32.8 Å². The highest BCUT2D eigenvalue weighted by Gasteiger charge is 2.10. The summed E-state index contributed by atoms with van der Waals surface area (Å²) in [6, 6.07) is 14.8. The van der Waals surface area contributed by atoms with Crippen LogP contribution in [0, 0.1) is 0 Å². The second-order valence-corrected chi connectivity index (χ2v) is 5.88. The first-order valence-corrected chi connectivity index (χ1v) is 8.92. The van der Waals surface area contributed by atoms with E-state index in [1.54, 1.807) is 12.1 Å². The van der Waals surface area contributed by atoms with Gasteiger partial charge in [0.1, 0.15) is 36.1 Å². The minimum absolute atomic E-state index is 0.477. The molecule has 0 fully saturated rings. The van der Waals surface area contributed by atoms with Crippen LogP contribution >= 0.6 is 11.6 Å². The van der Waals surface area contributed by atoms with Crippen LogP contribution in [0.3, 0.4) is 0 Å². The standard InChI is InChI=1S/C20H23ClN2O3/c1-4-14-25-22-15(3)20(23-24-5-2)16-6-10-18(11-7-16)26-19-12-8-17(21)9-13-19/h6-13H,4-5,14H2,1-3H3. The highest BCUT2D eigenvalue weighted by molar-refractivity contribution is 6.47. The lowest BCUT2D eigenvalue weighted by Crippen LogP contribution is -2.14. The van der Waals surface area contributed by atoms with Gasteiger partial charge in [-0.15, -0.1) is 0 Å². The maximum Gasteiger partial charge on any atom is 0.134 e. The summed E-state index contributed by atoms with van der Waals surface area (Å²) < 4.78 is 5.80. The van der Waals surface area contributed by atoms with Crippen LogP contribution in [-0.4, -0.2) is 24.6 Å². The second-order valence-electron chi connectivity index (χ2n) is 5.45. The lowest BCUT2D eigenvalue weighted by Gasteiger charge is -2.09. The Morgan fingerprint density at radius 1 is 0.885 bits per heavy atom. The predicted octanol–water partition coefficient (Wildman–Crippen LogP) is 5.68. The summed E-state index contributed by atoms with van der Waals surface area (Å²) in [5.74, 6) is 1.43. The third-order valence-electron chi connectivity index (χ3n) is 3.30. The molecule has 0 radical (unpaired) electrons. The van der Waals surface area contributed by atoms with Crippen LogP contribution < -0.4 is 4.74 Å². The summed E-state index contributed by atoms with van der Waals surface area (Å²) in [6.07, 6.45) is 0.894. The van der Waals surface area contributed by atoms with Gasteiger partial charge in [-0.2, -0.15) is 0 Å². The first-order valence-electron chi connectivity index (χ1n) is 8.54. The number of benzene rings is 2. The van der Waals surface area contributed by atoms with Crippen LogP contribution in [0.15, 0.2) is 58.8 Å². The highest BCUT2D eigenvalue weighted by atomic mass is 35.5. The first-order chi connectivity index (χ1) is 12.6. The molecule has 0 saturated heterocycles. The number of hydrogen-bond acceptors (Lipinski definition) is 5. The molecule has 0 aliphatic carbocycles. The Balaban J connectivity index is 2.15. The SMILES string of the molecule is CCCON=C(C)C(=NOCC)c1ccc(Oc2ccc(Cl)cc2)cc1. The van der Waals surface area contributed by atoms with Gasteiger partial charge >= 0.3 is 0 Å². The Bertz CT molecular complexity index is 741. The molecule has 2 rings (SSSR count). The molecule has 0 bridgehead atoms. The minimum atomic E-state index is 0.477. The van der Waals surface area contributed by atoms with E-state index in [-0.39, 0.29) is 0 Å². The summed E-state index contributed by atoms with van der Waals surface area (Å²) in [5.41, 5.74) is 2.14. The molecular weight excluding hydrogens is 352 g/mol. The summed E-state index contributed by atoms with van der Waals surface area (Å²) in [4.78, 5) is 10.5. The molecule has 26 heavy (non-hydrogen) atoms. The van der Waals surface area contributed by atoms with Crippen LogP contribution in [0.25, 0.3) is 0 Å². The highest BCUT2D eigenvalue weighted by Crippen LogP contribution is 2.23. The van der Waals surface area contributed by atoms with E-state index in [1.807, 2.05) is 57.2 Å². The Morgan fingerprint density at radius 3 is 2.08 bits per heavy atom. The van der Waals surface area contributed by atoms with Gasteiger partial charge in [0.05, 0.1) is 0 Å². The molecule has 0 atom stereocenters. The molecule has 6 heteroatoms. The molecule has 2 aromatic rings. The van der Waals surface area contributed by atoms with E-state index in [1.165, 1.54) is 0 Å².